The molecule has 0 unspecified atom stereocenters. The monoisotopic (exact) mass is 235 g/mol. The molecule has 0 aliphatic carbocycles. The lowest BCUT2D eigenvalue weighted by Crippen LogP contribution is -2.19. The molecule has 16 heavy (non-hydrogen) atoms. The van der Waals surface area contributed by atoms with Crippen LogP contribution in [-0.4, -0.2) is 35.1 Å². The van der Waals surface area contributed by atoms with E-state index >= 15 is 0 Å². The average molecular weight is 235 g/mol. The Morgan fingerprint density at radius 2 is 1.94 bits per heavy atom. The predicted octanol–water partition coefficient (Wildman–Crippen LogP) is 1.26. The van der Waals surface area contributed by atoms with Crippen LogP contribution in [0.3, 0.4) is 0 Å². The molecular weight excluding hydrogens is 227 g/mol. The van der Waals surface area contributed by atoms with Gasteiger partial charge in [0.25, 0.3) is 0 Å². The maximum atomic E-state index is 12.4. The number of carboxylic acid groups (broad SMARTS) is 1. The van der Waals surface area contributed by atoms with Crippen molar-refractivity contribution < 1.29 is 23.1 Å². The molecule has 8 heteroatoms. The highest BCUT2D eigenvalue weighted by molar-refractivity contribution is 5.85. The summed E-state index contributed by atoms with van der Waals surface area (Å²) in [5.41, 5.74) is -1.96. The van der Waals surface area contributed by atoms with Crippen molar-refractivity contribution in [2.24, 2.45) is 0 Å². The molecule has 0 saturated heterocycles. The second-order valence-electron chi connectivity index (χ2n) is 3.14. The van der Waals surface area contributed by atoms with E-state index in [0.717, 1.165) is 0 Å². The summed E-state index contributed by atoms with van der Waals surface area (Å²) in [4.78, 5) is 18.4. The Morgan fingerprint density at radius 1 is 1.38 bits per heavy atom. The number of alkyl halides is 3. The van der Waals surface area contributed by atoms with Crippen LogP contribution in [0.5, 0.6) is 0 Å². The first-order chi connectivity index (χ1) is 7.21. The standard InChI is InChI=1S/C8H8F3N3O2/c1-14(2)7-12-4(6(15)16)3-5(13-7)8(9,10)11/h3H,1-2H3,(H,15,16). The molecular formula is C8H8F3N3O2. The Kier molecular flexibility index (Phi) is 3.02. The molecule has 1 aromatic heterocycles. The molecule has 1 aromatic rings. The highest BCUT2D eigenvalue weighted by Gasteiger charge is 2.34. The van der Waals surface area contributed by atoms with Crippen LogP contribution in [0.1, 0.15) is 16.2 Å². The SMILES string of the molecule is CN(C)c1nc(C(=O)O)cc(C(F)(F)F)n1. The maximum Gasteiger partial charge on any atom is 0.433 e. The Hall–Kier alpha value is -1.86. The zero-order chi connectivity index (χ0) is 12.5. The van der Waals surface area contributed by atoms with Crippen LogP contribution in [-0.2, 0) is 6.18 Å². The molecule has 0 saturated carbocycles. The number of halogens is 3. The van der Waals surface area contributed by atoms with Gasteiger partial charge in [-0.15, -0.1) is 0 Å². The number of carboxylic acids is 1. The summed E-state index contributed by atoms with van der Waals surface area (Å²) in [6.45, 7) is 0. The van der Waals surface area contributed by atoms with Gasteiger partial charge in [-0.05, 0) is 0 Å². The Bertz CT molecular complexity index is 417. The summed E-state index contributed by atoms with van der Waals surface area (Å²) in [5, 5.41) is 8.61. The predicted molar refractivity (Wildman–Crippen MR) is 48.3 cm³/mol. The molecule has 0 fully saturated rings. The number of aromatic carboxylic acids is 1. The van der Waals surface area contributed by atoms with E-state index in [9.17, 15) is 18.0 Å². The van der Waals surface area contributed by atoms with E-state index in [-0.39, 0.29) is 5.95 Å². The van der Waals surface area contributed by atoms with Crippen molar-refractivity contribution in [2.45, 2.75) is 6.18 Å². The molecule has 0 atom stereocenters. The van der Waals surface area contributed by atoms with Crippen LogP contribution in [0.2, 0.25) is 0 Å². The van der Waals surface area contributed by atoms with Gasteiger partial charge in [-0.25, -0.2) is 14.8 Å². The van der Waals surface area contributed by atoms with Gasteiger partial charge in [-0.1, -0.05) is 0 Å². The van der Waals surface area contributed by atoms with Crippen molar-refractivity contribution in [3.63, 3.8) is 0 Å². The second kappa shape index (κ2) is 3.95. The van der Waals surface area contributed by atoms with Gasteiger partial charge in [0.05, 0.1) is 0 Å². The first kappa shape index (κ1) is 12.2. The number of anilines is 1. The van der Waals surface area contributed by atoms with Gasteiger partial charge < -0.3 is 10.0 Å². The molecule has 0 spiro atoms. The van der Waals surface area contributed by atoms with Crippen LogP contribution in [0.4, 0.5) is 19.1 Å². The molecule has 0 amide bonds. The third-order valence-corrected chi connectivity index (χ3v) is 1.62. The molecule has 88 valence electrons. The average Bonchev–Trinajstić information content (AvgIpc) is 2.15. The Morgan fingerprint density at radius 3 is 2.31 bits per heavy atom. The van der Waals surface area contributed by atoms with Gasteiger partial charge in [-0.2, -0.15) is 13.2 Å². The fourth-order valence-electron chi connectivity index (χ4n) is 0.889. The fourth-order valence-corrected chi connectivity index (χ4v) is 0.889. The summed E-state index contributed by atoms with van der Waals surface area (Å²) in [7, 11) is 2.84. The Balaban J connectivity index is 3.36. The third kappa shape index (κ3) is 2.59. The number of rotatable bonds is 2. The topological polar surface area (TPSA) is 66.3 Å². The minimum atomic E-state index is -4.70. The summed E-state index contributed by atoms with van der Waals surface area (Å²) < 4.78 is 37.1. The lowest BCUT2D eigenvalue weighted by atomic mass is 10.3. The number of hydrogen-bond acceptors (Lipinski definition) is 4. The van der Waals surface area contributed by atoms with Gasteiger partial charge >= 0.3 is 12.1 Å². The molecule has 1 rings (SSSR count). The number of nitrogens with zero attached hydrogens (tertiary/aromatic N) is 3. The highest BCUT2D eigenvalue weighted by atomic mass is 19.4. The van der Waals surface area contributed by atoms with Crippen molar-refractivity contribution in [1.82, 2.24) is 9.97 Å². The van der Waals surface area contributed by atoms with Crippen molar-refractivity contribution >= 4 is 11.9 Å². The van der Waals surface area contributed by atoms with Gasteiger partial charge in [0.2, 0.25) is 5.95 Å². The van der Waals surface area contributed by atoms with E-state index in [0.29, 0.717) is 6.07 Å². The van der Waals surface area contributed by atoms with Crippen LogP contribution >= 0.6 is 0 Å². The zero-order valence-electron chi connectivity index (χ0n) is 8.41. The molecule has 0 aliphatic rings. The lowest BCUT2D eigenvalue weighted by Gasteiger charge is -2.13. The zero-order valence-corrected chi connectivity index (χ0v) is 8.41. The van der Waals surface area contributed by atoms with E-state index in [4.69, 9.17) is 5.11 Å². The van der Waals surface area contributed by atoms with Gasteiger partial charge in [-0.3, -0.25) is 0 Å². The summed E-state index contributed by atoms with van der Waals surface area (Å²) in [6.07, 6.45) is -4.70. The van der Waals surface area contributed by atoms with Gasteiger partial charge in [0, 0.05) is 20.2 Å². The van der Waals surface area contributed by atoms with Crippen molar-refractivity contribution in [2.75, 3.05) is 19.0 Å². The van der Waals surface area contributed by atoms with E-state index in [1.807, 2.05) is 0 Å². The molecule has 0 radical (unpaired) electrons. The summed E-state index contributed by atoms with van der Waals surface area (Å²) in [6, 6.07) is 0.398. The number of carbonyl (C=O) groups is 1. The Labute approximate surface area is 88.5 Å². The van der Waals surface area contributed by atoms with Crippen LogP contribution in [0.25, 0.3) is 0 Å². The van der Waals surface area contributed by atoms with Crippen molar-refractivity contribution in [3.05, 3.63) is 17.5 Å². The maximum absolute atomic E-state index is 12.4. The largest absolute Gasteiger partial charge is 0.477 e. The summed E-state index contributed by atoms with van der Waals surface area (Å²) >= 11 is 0. The minimum Gasteiger partial charge on any atom is -0.477 e. The molecule has 1 N–H and O–H groups in total. The normalized spacial score (nSPS) is 11.3. The van der Waals surface area contributed by atoms with Gasteiger partial charge in [0.1, 0.15) is 0 Å². The number of hydrogen-bond donors (Lipinski definition) is 1. The lowest BCUT2D eigenvalue weighted by molar-refractivity contribution is -0.141. The highest BCUT2D eigenvalue weighted by Crippen LogP contribution is 2.28. The van der Waals surface area contributed by atoms with Crippen molar-refractivity contribution in [3.8, 4) is 0 Å². The van der Waals surface area contributed by atoms with E-state index in [2.05, 4.69) is 9.97 Å². The molecule has 0 aliphatic heterocycles. The summed E-state index contributed by atoms with van der Waals surface area (Å²) in [5.74, 6) is -1.83. The van der Waals surface area contributed by atoms with E-state index in [1.165, 1.54) is 19.0 Å². The fraction of sp³-hybridized carbons (Fsp3) is 0.375. The second-order valence-corrected chi connectivity index (χ2v) is 3.14. The molecule has 0 aromatic carbocycles. The number of aromatic nitrogens is 2. The smallest absolute Gasteiger partial charge is 0.433 e. The third-order valence-electron chi connectivity index (χ3n) is 1.62. The molecule has 5 nitrogen and oxygen atoms in total. The quantitative estimate of drug-likeness (QED) is 0.835. The molecule has 1 heterocycles. The van der Waals surface area contributed by atoms with Crippen LogP contribution < -0.4 is 4.90 Å². The van der Waals surface area contributed by atoms with E-state index in [1.54, 1.807) is 0 Å². The van der Waals surface area contributed by atoms with Gasteiger partial charge in [0.15, 0.2) is 11.4 Å². The minimum absolute atomic E-state index is 0.299. The van der Waals surface area contributed by atoms with Crippen LogP contribution in [0, 0.1) is 0 Å². The first-order valence-electron chi connectivity index (χ1n) is 4.08. The van der Waals surface area contributed by atoms with Crippen LogP contribution in [0.15, 0.2) is 6.07 Å². The van der Waals surface area contributed by atoms with Crippen molar-refractivity contribution in [1.29, 1.82) is 0 Å². The first-order valence-corrected chi connectivity index (χ1v) is 4.08. The van der Waals surface area contributed by atoms with E-state index < -0.39 is 23.5 Å². The molecule has 0 bridgehead atoms.